The summed E-state index contributed by atoms with van der Waals surface area (Å²) in [5.41, 5.74) is 0. The summed E-state index contributed by atoms with van der Waals surface area (Å²) in [6.07, 6.45) is -10.9. The van der Waals surface area contributed by atoms with Crippen LogP contribution < -0.4 is 4.89 Å². The van der Waals surface area contributed by atoms with Crippen LogP contribution in [0.4, 0.5) is 70.2 Å². The molecule has 0 heterocycles. The number of rotatable bonds is 12. The Bertz CT molecular complexity index is 613. The van der Waals surface area contributed by atoms with Gasteiger partial charge in [-0.3, -0.25) is 4.57 Å². The average molecular weight is 525 g/mol. The molecule has 0 aliphatic carbocycles. The molecule has 0 aromatic carbocycles. The Morgan fingerprint density at radius 2 is 0.839 bits per heavy atom. The van der Waals surface area contributed by atoms with Crippen LogP contribution in [0.25, 0.3) is 0 Å². The lowest BCUT2D eigenvalue weighted by atomic mass is 10.1. The molecule has 188 valence electrons. The molecule has 0 aromatic heterocycles. The molecular formula is C10H6F16O4P-. The predicted octanol–water partition coefficient (Wildman–Crippen LogP) is 4.83. The number of hydrogen-bond donors (Lipinski definition) is 0. The summed E-state index contributed by atoms with van der Waals surface area (Å²) in [5.74, 6) is -40.6. The van der Waals surface area contributed by atoms with Crippen molar-refractivity contribution in [3.05, 3.63) is 0 Å². The summed E-state index contributed by atoms with van der Waals surface area (Å²) in [6.45, 7) is -7.00. The third-order valence-corrected chi connectivity index (χ3v) is 4.00. The van der Waals surface area contributed by atoms with Gasteiger partial charge in [0.15, 0.2) is 0 Å². The molecule has 0 spiro atoms. The average Bonchev–Trinajstić information content (AvgIpc) is 2.57. The standard InChI is InChI=1S/C10H7F16O4P/c11-3(12)7(19,20)9(23,24)5(15,16)1-29-31(27,28)30-2-6(17,18)10(25,26)8(21,22)4(13)14/h3-4H,1-2H2,(H,27,28)/p-1. The minimum atomic E-state index is -7.02. The highest BCUT2D eigenvalue weighted by molar-refractivity contribution is 7.45. The fraction of sp³-hybridized carbons (Fsp3) is 1.00. The first kappa shape index (κ1) is 30.0. The highest BCUT2D eigenvalue weighted by atomic mass is 31.2. The van der Waals surface area contributed by atoms with Crippen molar-refractivity contribution < 1.29 is 88.8 Å². The van der Waals surface area contributed by atoms with Gasteiger partial charge in [0.2, 0.25) is 0 Å². The summed E-state index contributed by atoms with van der Waals surface area (Å²) in [5, 5.41) is 0. The molecule has 0 unspecified atom stereocenters. The Hall–Kier alpha value is -1.01. The zero-order chi connectivity index (χ0) is 25.5. The molecule has 0 saturated heterocycles. The third-order valence-electron chi connectivity index (χ3n) is 3.11. The second-order valence-electron chi connectivity index (χ2n) is 5.40. The number of phosphoric ester groups is 1. The Morgan fingerprint density at radius 3 is 1.03 bits per heavy atom. The van der Waals surface area contributed by atoms with Gasteiger partial charge in [0, 0.05) is 0 Å². The normalized spacial score (nSPS) is 15.8. The molecule has 0 aliphatic heterocycles. The highest BCUT2D eigenvalue weighted by Crippen LogP contribution is 2.53. The largest absolute Gasteiger partial charge is 0.756 e. The number of phosphoric acid groups is 1. The molecular weight excluding hydrogens is 519 g/mol. The molecule has 4 nitrogen and oxygen atoms in total. The second-order valence-corrected chi connectivity index (χ2v) is 6.81. The van der Waals surface area contributed by atoms with Crippen LogP contribution in [0.5, 0.6) is 0 Å². The van der Waals surface area contributed by atoms with E-state index in [0.717, 1.165) is 0 Å². The summed E-state index contributed by atoms with van der Waals surface area (Å²) >= 11 is 0. The van der Waals surface area contributed by atoms with Gasteiger partial charge in [-0.25, -0.2) is 17.6 Å². The summed E-state index contributed by atoms with van der Waals surface area (Å²) in [7, 11) is -6.92. The first-order chi connectivity index (χ1) is 13.3. The van der Waals surface area contributed by atoms with E-state index in [-0.39, 0.29) is 0 Å². The monoisotopic (exact) mass is 525 g/mol. The first-order valence-corrected chi connectivity index (χ1v) is 8.19. The molecule has 0 N–H and O–H groups in total. The van der Waals surface area contributed by atoms with E-state index in [1.54, 1.807) is 0 Å². The zero-order valence-electron chi connectivity index (χ0n) is 13.7. The summed E-state index contributed by atoms with van der Waals surface area (Å²) in [6, 6.07) is 0. The van der Waals surface area contributed by atoms with Crippen molar-refractivity contribution in [1.29, 1.82) is 0 Å². The van der Waals surface area contributed by atoms with Crippen LogP contribution in [0.1, 0.15) is 0 Å². The van der Waals surface area contributed by atoms with Crippen LogP contribution in [0.2, 0.25) is 0 Å². The maximum Gasteiger partial charge on any atom is 0.380 e. The molecule has 0 rings (SSSR count). The van der Waals surface area contributed by atoms with Crippen molar-refractivity contribution >= 4 is 7.82 Å². The van der Waals surface area contributed by atoms with E-state index in [1.807, 2.05) is 0 Å². The van der Waals surface area contributed by atoms with Gasteiger partial charge < -0.3 is 13.9 Å². The predicted molar refractivity (Wildman–Crippen MR) is 61.2 cm³/mol. The van der Waals surface area contributed by atoms with Crippen molar-refractivity contribution in [2.45, 2.75) is 48.4 Å². The fourth-order valence-electron chi connectivity index (χ4n) is 1.30. The van der Waals surface area contributed by atoms with Crippen molar-refractivity contribution in [2.75, 3.05) is 13.2 Å². The van der Waals surface area contributed by atoms with Gasteiger partial charge in [-0.15, -0.1) is 0 Å². The van der Waals surface area contributed by atoms with E-state index < -0.39 is 69.4 Å². The van der Waals surface area contributed by atoms with Crippen LogP contribution in [0.15, 0.2) is 0 Å². The maximum atomic E-state index is 13.0. The minimum Gasteiger partial charge on any atom is -0.756 e. The SMILES string of the molecule is O=P([O-])(OCC(F)(F)C(F)(F)C(F)(F)C(F)F)OCC(F)(F)C(F)(F)C(F)(F)C(F)F. The fourth-order valence-corrected chi connectivity index (χ4v) is 2.02. The lowest BCUT2D eigenvalue weighted by molar-refractivity contribution is -0.349. The van der Waals surface area contributed by atoms with Crippen LogP contribution in [-0.2, 0) is 13.6 Å². The molecule has 0 fully saturated rings. The Labute approximate surface area is 159 Å². The number of halogens is 16. The molecule has 0 atom stereocenters. The van der Waals surface area contributed by atoms with Gasteiger partial charge in [-0.05, 0) is 0 Å². The van der Waals surface area contributed by atoms with Crippen LogP contribution in [-0.4, -0.2) is 61.6 Å². The van der Waals surface area contributed by atoms with Gasteiger partial charge in [0.05, 0.1) is 0 Å². The Kier molecular flexibility index (Phi) is 8.45. The second kappa shape index (κ2) is 8.74. The Balaban J connectivity index is 5.41. The smallest absolute Gasteiger partial charge is 0.380 e. The Morgan fingerprint density at radius 1 is 0.613 bits per heavy atom. The van der Waals surface area contributed by atoms with Crippen molar-refractivity contribution in [3.63, 3.8) is 0 Å². The topological polar surface area (TPSA) is 58.6 Å². The minimum absolute atomic E-state index is 2.75. The summed E-state index contributed by atoms with van der Waals surface area (Å²) in [4.78, 5) is 10.9. The molecule has 0 saturated carbocycles. The molecule has 0 aromatic rings. The van der Waals surface area contributed by atoms with Crippen molar-refractivity contribution in [2.24, 2.45) is 0 Å². The quantitative estimate of drug-likeness (QED) is 0.271. The molecule has 31 heavy (non-hydrogen) atoms. The molecule has 21 heteroatoms. The zero-order valence-corrected chi connectivity index (χ0v) is 14.6. The van der Waals surface area contributed by atoms with E-state index in [4.69, 9.17) is 0 Å². The van der Waals surface area contributed by atoms with Gasteiger partial charge in [-0.1, -0.05) is 0 Å². The van der Waals surface area contributed by atoms with Crippen LogP contribution in [0.3, 0.4) is 0 Å². The van der Waals surface area contributed by atoms with E-state index >= 15 is 0 Å². The maximum absolute atomic E-state index is 13.0. The van der Waals surface area contributed by atoms with Gasteiger partial charge in [0.25, 0.3) is 7.82 Å². The van der Waals surface area contributed by atoms with Gasteiger partial charge in [-0.2, -0.15) is 52.7 Å². The molecule has 0 aliphatic rings. The van der Waals surface area contributed by atoms with E-state index in [9.17, 15) is 79.7 Å². The van der Waals surface area contributed by atoms with E-state index in [2.05, 4.69) is 9.05 Å². The van der Waals surface area contributed by atoms with E-state index in [1.165, 1.54) is 0 Å². The number of alkyl halides is 16. The van der Waals surface area contributed by atoms with E-state index in [0.29, 0.717) is 0 Å². The van der Waals surface area contributed by atoms with Crippen LogP contribution >= 0.6 is 7.82 Å². The number of hydrogen-bond acceptors (Lipinski definition) is 4. The van der Waals surface area contributed by atoms with Crippen LogP contribution in [0, 0.1) is 0 Å². The summed E-state index contributed by atoms with van der Waals surface area (Å²) < 4.78 is 217. The first-order valence-electron chi connectivity index (χ1n) is 6.73. The van der Waals surface area contributed by atoms with Gasteiger partial charge in [0.1, 0.15) is 13.2 Å². The molecule has 0 radical (unpaired) electrons. The lowest BCUT2D eigenvalue weighted by Gasteiger charge is -2.35. The molecule has 0 amide bonds. The molecule has 0 bridgehead atoms. The van der Waals surface area contributed by atoms with Crippen molar-refractivity contribution in [1.82, 2.24) is 0 Å². The lowest BCUT2D eigenvalue weighted by Crippen LogP contribution is -2.59. The highest BCUT2D eigenvalue weighted by Gasteiger charge is 2.76. The van der Waals surface area contributed by atoms with Crippen molar-refractivity contribution in [3.8, 4) is 0 Å². The third kappa shape index (κ3) is 5.68. The van der Waals surface area contributed by atoms with Gasteiger partial charge >= 0.3 is 48.4 Å².